The van der Waals surface area contributed by atoms with Crippen LogP contribution in [0.3, 0.4) is 0 Å². The molecular formula is C16H11I2N3O4. The highest BCUT2D eigenvalue weighted by molar-refractivity contribution is 14.1. The molecule has 1 aliphatic heterocycles. The highest BCUT2D eigenvalue weighted by Crippen LogP contribution is 2.48. The molecule has 0 aliphatic carbocycles. The van der Waals surface area contributed by atoms with Gasteiger partial charge in [0, 0.05) is 12.3 Å². The zero-order valence-corrected chi connectivity index (χ0v) is 16.9. The maximum Gasteiger partial charge on any atom is 0.339 e. The van der Waals surface area contributed by atoms with E-state index in [0.717, 1.165) is 0 Å². The first-order valence-corrected chi connectivity index (χ1v) is 9.10. The Balaban J connectivity index is 2.28. The molecule has 0 spiro atoms. The van der Waals surface area contributed by atoms with Gasteiger partial charge in [0.25, 0.3) is 5.69 Å². The number of nitro benzene ring substituents is 1. The van der Waals surface area contributed by atoms with E-state index in [1.165, 1.54) is 20.1 Å². The van der Waals surface area contributed by atoms with Gasteiger partial charge in [-0.1, -0.05) is 24.3 Å². The van der Waals surface area contributed by atoms with E-state index >= 15 is 0 Å². The molecule has 9 heteroatoms. The van der Waals surface area contributed by atoms with E-state index in [4.69, 9.17) is 0 Å². The van der Waals surface area contributed by atoms with E-state index in [9.17, 15) is 20.0 Å². The zero-order chi connectivity index (χ0) is 18.2. The predicted octanol–water partition coefficient (Wildman–Crippen LogP) is 4.69. The summed E-state index contributed by atoms with van der Waals surface area (Å²) in [5.74, 6) is -0.0874. The van der Waals surface area contributed by atoms with E-state index < -0.39 is 14.5 Å². The minimum absolute atomic E-state index is 0.0874. The van der Waals surface area contributed by atoms with E-state index in [2.05, 4.69) is 0 Å². The molecule has 0 aromatic heterocycles. The standard InChI is InChI=1S/C16H11I2N3O4/c17-16(11-5-1-2-6-12(11)21(24)25)9-10-19(18)15(23)20(16)13-7-3-4-8-14(13)22/h1-10,22H. The average Bonchev–Trinajstić information content (AvgIpc) is 2.60. The first-order valence-electron chi connectivity index (χ1n) is 7.05. The summed E-state index contributed by atoms with van der Waals surface area (Å²) < 4.78 is 0.162. The fourth-order valence-electron chi connectivity index (χ4n) is 2.61. The lowest BCUT2D eigenvalue weighted by Crippen LogP contribution is -2.50. The number of urea groups is 1. The van der Waals surface area contributed by atoms with E-state index in [0.29, 0.717) is 5.56 Å². The van der Waals surface area contributed by atoms with Crippen LogP contribution >= 0.6 is 45.5 Å². The van der Waals surface area contributed by atoms with Crippen LogP contribution in [0.15, 0.2) is 60.8 Å². The van der Waals surface area contributed by atoms with Crippen molar-refractivity contribution < 1.29 is 14.8 Å². The molecule has 3 rings (SSSR count). The van der Waals surface area contributed by atoms with Crippen LogP contribution in [0.5, 0.6) is 5.75 Å². The molecule has 1 N–H and O–H groups in total. The van der Waals surface area contributed by atoms with Gasteiger partial charge >= 0.3 is 6.03 Å². The lowest BCUT2D eigenvalue weighted by Gasteiger charge is -2.41. The number of hydrogen-bond acceptors (Lipinski definition) is 4. The maximum absolute atomic E-state index is 12.9. The molecule has 2 amide bonds. The van der Waals surface area contributed by atoms with Crippen LogP contribution < -0.4 is 4.90 Å². The van der Waals surface area contributed by atoms with E-state index in [1.54, 1.807) is 48.7 Å². The van der Waals surface area contributed by atoms with Crippen molar-refractivity contribution in [2.75, 3.05) is 4.90 Å². The van der Waals surface area contributed by atoms with Gasteiger partial charge in [0.15, 0.2) is 3.55 Å². The van der Waals surface area contributed by atoms with Gasteiger partial charge in [-0.25, -0.2) is 7.91 Å². The second-order valence-electron chi connectivity index (χ2n) is 5.18. The summed E-state index contributed by atoms with van der Waals surface area (Å²) >= 11 is 3.83. The highest BCUT2D eigenvalue weighted by atomic mass is 127. The summed E-state index contributed by atoms with van der Waals surface area (Å²) in [6.45, 7) is 0. The molecule has 2 aromatic rings. The number of halogens is 2. The number of hydrogen-bond donors (Lipinski definition) is 1. The molecule has 1 heterocycles. The summed E-state index contributed by atoms with van der Waals surface area (Å²) in [6.07, 6.45) is 3.25. The normalized spacial score (nSPS) is 20.0. The van der Waals surface area contributed by atoms with E-state index in [1.807, 2.05) is 45.5 Å². The summed E-state index contributed by atoms with van der Waals surface area (Å²) in [7, 11) is 0. The van der Waals surface area contributed by atoms with Crippen molar-refractivity contribution in [1.82, 2.24) is 3.11 Å². The van der Waals surface area contributed by atoms with Gasteiger partial charge in [-0.2, -0.15) is 0 Å². The third-order valence-electron chi connectivity index (χ3n) is 3.73. The van der Waals surface area contributed by atoms with Crippen LogP contribution in [-0.4, -0.2) is 19.2 Å². The van der Waals surface area contributed by atoms with Gasteiger partial charge in [-0.05, 0) is 46.9 Å². The van der Waals surface area contributed by atoms with Gasteiger partial charge in [0.2, 0.25) is 0 Å². The second kappa shape index (κ2) is 6.78. The molecule has 0 radical (unpaired) electrons. The van der Waals surface area contributed by atoms with Gasteiger partial charge in [0.05, 0.1) is 39.0 Å². The number of alkyl halides is 1. The first-order chi connectivity index (χ1) is 11.9. The number of carbonyl (C=O) groups excluding carboxylic acids is 1. The van der Waals surface area contributed by atoms with Crippen molar-refractivity contribution in [3.05, 3.63) is 76.5 Å². The van der Waals surface area contributed by atoms with E-state index in [-0.39, 0.29) is 17.1 Å². The third-order valence-corrected chi connectivity index (χ3v) is 5.88. The number of aromatic hydroxyl groups is 1. The maximum atomic E-state index is 12.9. The smallest absolute Gasteiger partial charge is 0.339 e. The van der Waals surface area contributed by atoms with Crippen LogP contribution in [0, 0.1) is 10.1 Å². The number of amides is 2. The SMILES string of the molecule is O=C1N(I)C=CC(I)(c2ccccc2[N+](=O)[O-])N1c1ccccc1O. The summed E-state index contributed by atoms with van der Waals surface area (Å²) in [6, 6.07) is 12.2. The topological polar surface area (TPSA) is 86.9 Å². The van der Waals surface area contributed by atoms with Gasteiger partial charge < -0.3 is 5.11 Å². The summed E-state index contributed by atoms with van der Waals surface area (Å²) in [4.78, 5) is 25.2. The number of nitrogens with zero attached hydrogens (tertiary/aromatic N) is 3. The molecular weight excluding hydrogens is 552 g/mol. The number of carbonyl (C=O) groups is 1. The Labute approximate surface area is 170 Å². The van der Waals surface area contributed by atoms with Gasteiger partial charge in [-0.15, -0.1) is 0 Å². The lowest BCUT2D eigenvalue weighted by atomic mass is 10.0. The van der Waals surface area contributed by atoms with Crippen molar-refractivity contribution in [3.63, 3.8) is 0 Å². The largest absolute Gasteiger partial charge is 0.506 e. The molecule has 1 aliphatic rings. The summed E-state index contributed by atoms with van der Waals surface area (Å²) in [5, 5.41) is 21.7. The Bertz CT molecular complexity index is 889. The quantitative estimate of drug-likeness (QED) is 0.147. The van der Waals surface area contributed by atoms with Crippen LogP contribution in [-0.2, 0) is 3.55 Å². The van der Waals surface area contributed by atoms with Crippen LogP contribution in [0.4, 0.5) is 16.2 Å². The molecule has 0 fully saturated rings. The molecule has 0 bridgehead atoms. The molecule has 25 heavy (non-hydrogen) atoms. The number of phenols is 1. The number of nitro groups is 1. The summed E-state index contributed by atoms with van der Waals surface area (Å²) in [5.41, 5.74) is 0.515. The molecule has 7 nitrogen and oxygen atoms in total. The average molecular weight is 563 g/mol. The Morgan fingerprint density at radius 2 is 1.76 bits per heavy atom. The number of phenolic OH excluding ortho intramolecular Hbond substituents is 1. The Kier molecular flexibility index (Phi) is 4.86. The zero-order valence-electron chi connectivity index (χ0n) is 12.5. The Hall–Kier alpha value is -1.89. The molecule has 1 unspecified atom stereocenters. The van der Waals surface area contributed by atoms with Crippen molar-refractivity contribution >= 4 is 62.9 Å². The minimum Gasteiger partial charge on any atom is -0.506 e. The van der Waals surface area contributed by atoms with Gasteiger partial charge in [0.1, 0.15) is 5.75 Å². The second-order valence-corrected chi connectivity index (χ2v) is 7.87. The highest BCUT2D eigenvalue weighted by Gasteiger charge is 2.46. The van der Waals surface area contributed by atoms with Crippen LogP contribution in [0.2, 0.25) is 0 Å². The number of anilines is 1. The lowest BCUT2D eigenvalue weighted by molar-refractivity contribution is -0.385. The monoisotopic (exact) mass is 563 g/mol. The third kappa shape index (κ3) is 3.05. The predicted molar refractivity (Wildman–Crippen MR) is 110 cm³/mol. The number of benzene rings is 2. The fourth-order valence-corrected chi connectivity index (χ4v) is 4.07. The Morgan fingerprint density at radius 1 is 1.12 bits per heavy atom. The van der Waals surface area contributed by atoms with Crippen LogP contribution in [0.1, 0.15) is 5.56 Å². The van der Waals surface area contributed by atoms with Crippen LogP contribution in [0.25, 0.3) is 0 Å². The molecule has 0 saturated heterocycles. The molecule has 128 valence electrons. The van der Waals surface area contributed by atoms with Gasteiger partial charge in [-0.3, -0.25) is 15.0 Å². The minimum atomic E-state index is -1.17. The molecule has 1 atom stereocenters. The number of rotatable bonds is 3. The fraction of sp³-hybridized carbons (Fsp3) is 0.0625. The van der Waals surface area contributed by atoms with Crippen molar-refractivity contribution in [2.24, 2.45) is 0 Å². The van der Waals surface area contributed by atoms with Crippen molar-refractivity contribution in [1.29, 1.82) is 0 Å². The first kappa shape index (κ1) is 17.9. The number of para-hydroxylation sites is 3. The molecule has 2 aromatic carbocycles. The van der Waals surface area contributed by atoms with Crippen molar-refractivity contribution in [2.45, 2.75) is 3.55 Å². The van der Waals surface area contributed by atoms with Crippen molar-refractivity contribution in [3.8, 4) is 5.75 Å². The Morgan fingerprint density at radius 3 is 2.44 bits per heavy atom. The molecule has 0 saturated carbocycles.